The Morgan fingerprint density at radius 1 is 1.25 bits per heavy atom. The number of nitrogens with zero attached hydrogens (tertiary/aromatic N) is 2. The van der Waals surface area contributed by atoms with Crippen LogP contribution in [0.2, 0.25) is 0 Å². The summed E-state index contributed by atoms with van der Waals surface area (Å²) in [5.41, 5.74) is 2.21. The second-order valence-corrected chi connectivity index (χ2v) is 8.70. The fourth-order valence-corrected chi connectivity index (χ4v) is 4.75. The molecular formula is C22H21N3O2S. The van der Waals surface area contributed by atoms with Gasteiger partial charge in [0.15, 0.2) is 0 Å². The van der Waals surface area contributed by atoms with Crippen LogP contribution < -0.4 is 5.32 Å². The molecule has 3 unspecified atom stereocenters. The maximum absolute atomic E-state index is 13.1. The number of amides is 2. The number of benzene rings is 1. The third-order valence-corrected chi connectivity index (χ3v) is 6.59. The van der Waals surface area contributed by atoms with Crippen molar-refractivity contribution in [3.05, 3.63) is 53.4 Å². The lowest BCUT2D eigenvalue weighted by molar-refractivity contribution is -0.128. The number of fused-ring (bicyclic) bond motifs is 1. The molecule has 6 heteroatoms. The second-order valence-electron chi connectivity index (χ2n) is 7.75. The van der Waals surface area contributed by atoms with Gasteiger partial charge in [0, 0.05) is 24.4 Å². The highest BCUT2D eigenvalue weighted by Gasteiger charge is 2.44. The van der Waals surface area contributed by atoms with Gasteiger partial charge in [0.2, 0.25) is 5.91 Å². The third-order valence-electron chi connectivity index (χ3n) is 5.70. The molecule has 3 aromatic rings. The Kier molecular flexibility index (Phi) is 4.16. The van der Waals surface area contributed by atoms with Gasteiger partial charge in [-0.3, -0.25) is 9.59 Å². The van der Waals surface area contributed by atoms with Crippen molar-refractivity contribution >= 4 is 34.1 Å². The zero-order valence-corrected chi connectivity index (χ0v) is 16.4. The maximum atomic E-state index is 13.1. The van der Waals surface area contributed by atoms with Gasteiger partial charge in [-0.15, -0.1) is 11.3 Å². The largest absolute Gasteiger partial charge is 0.347 e. The molecule has 5 rings (SSSR count). The Morgan fingerprint density at radius 3 is 2.82 bits per heavy atom. The average molecular weight is 391 g/mol. The number of hydrogen-bond donors (Lipinski definition) is 1. The van der Waals surface area contributed by atoms with E-state index >= 15 is 0 Å². The first-order valence-electron chi connectivity index (χ1n) is 9.64. The van der Waals surface area contributed by atoms with Crippen molar-refractivity contribution in [3.63, 3.8) is 0 Å². The van der Waals surface area contributed by atoms with Gasteiger partial charge in [0.1, 0.15) is 0 Å². The van der Waals surface area contributed by atoms with Crippen molar-refractivity contribution in [3.8, 4) is 10.6 Å². The minimum absolute atomic E-state index is 0.134. The van der Waals surface area contributed by atoms with E-state index in [-0.39, 0.29) is 17.9 Å². The highest BCUT2D eigenvalue weighted by molar-refractivity contribution is 7.13. The van der Waals surface area contributed by atoms with Crippen molar-refractivity contribution in [2.45, 2.75) is 31.8 Å². The predicted octanol–water partition coefficient (Wildman–Crippen LogP) is 3.70. The van der Waals surface area contributed by atoms with E-state index in [1.165, 1.54) is 0 Å². The molecule has 0 radical (unpaired) electrons. The monoisotopic (exact) mass is 391 g/mol. The van der Waals surface area contributed by atoms with Gasteiger partial charge in [-0.05, 0) is 35.9 Å². The summed E-state index contributed by atoms with van der Waals surface area (Å²) < 4.78 is 0. The molecule has 142 valence electrons. The van der Waals surface area contributed by atoms with E-state index in [2.05, 4.69) is 12.2 Å². The highest BCUT2D eigenvalue weighted by atomic mass is 32.1. The molecule has 2 aromatic heterocycles. The first-order valence-corrected chi connectivity index (χ1v) is 10.5. The molecule has 1 saturated heterocycles. The summed E-state index contributed by atoms with van der Waals surface area (Å²) in [5.74, 6) is 0.592. The number of rotatable bonds is 4. The maximum Gasteiger partial charge on any atom is 0.252 e. The van der Waals surface area contributed by atoms with E-state index in [9.17, 15) is 9.59 Å². The number of para-hydroxylation sites is 1. The molecule has 1 aliphatic heterocycles. The second kappa shape index (κ2) is 6.71. The molecule has 5 nitrogen and oxygen atoms in total. The number of hydrogen-bond acceptors (Lipinski definition) is 4. The Balaban J connectivity index is 1.43. The van der Waals surface area contributed by atoms with Crippen LogP contribution >= 0.6 is 11.3 Å². The van der Waals surface area contributed by atoms with E-state index in [4.69, 9.17) is 4.98 Å². The molecular weight excluding hydrogens is 370 g/mol. The average Bonchev–Trinajstić information content (AvgIpc) is 3.09. The van der Waals surface area contributed by atoms with Crippen molar-refractivity contribution in [2.24, 2.45) is 5.92 Å². The van der Waals surface area contributed by atoms with Crippen LogP contribution in [0.3, 0.4) is 0 Å². The van der Waals surface area contributed by atoms with E-state index in [1.54, 1.807) is 11.3 Å². The summed E-state index contributed by atoms with van der Waals surface area (Å²) in [6.07, 6.45) is 1.46. The number of aromatic nitrogens is 1. The summed E-state index contributed by atoms with van der Waals surface area (Å²) in [6, 6.07) is 13.8. The van der Waals surface area contributed by atoms with Gasteiger partial charge in [0.25, 0.3) is 5.91 Å². The molecule has 2 aliphatic rings. The Labute approximate surface area is 167 Å². The molecule has 3 heterocycles. The molecule has 2 amide bonds. The molecule has 1 aliphatic carbocycles. The minimum atomic E-state index is -0.139. The molecule has 1 aromatic carbocycles. The van der Waals surface area contributed by atoms with E-state index in [0.29, 0.717) is 30.5 Å². The van der Waals surface area contributed by atoms with Crippen LogP contribution in [0.1, 0.15) is 30.1 Å². The van der Waals surface area contributed by atoms with E-state index in [1.807, 2.05) is 52.7 Å². The summed E-state index contributed by atoms with van der Waals surface area (Å²) in [5, 5.41) is 5.93. The van der Waals surface area contributed by atoms with Gasteiger partial charge in [-0.1, -0.05) is 31.2 Å². The lowest BCUT2D eigenvalue weighted by Crippen LogP contribution is -2.38. The number of pyridine rings is 1. The Morgan fingerprint density at radius 2 is 2.07 bits per heavy atom. The van der Waals surface area contributed by atoms with Crippen molar-refractivity contribution < 1.29 is 9.59 Å². The highest BCUT2D eigenvalue weighted by Crippen LogP contribution is 2.37. The number of carbonyl (C=O) groups is 2. The molecule has 1 saturated carbocycles. The standard InChI is InChI=1S/C22H21N3O2S/c1-13-9-19(13)25-12-14(10-21(25)26)23-22(27)16-11-18(20-7-4-8-28-20)24-17-6-3-2-5-15(16)17/h2-8,11,13-14,19H,9-10,12H2,1H3,(H,23,27). The lowest BCUT2D eigenvalue weighted by atomic mass is 10.1. The van der Waals surface area contributed by atoms with Crippen LogP contribution in [0.5, 0.6) is 0 Å². The number of thiophene rings is 1. The van der Waals surface area contributed by atoms with Crippen LogP contribution in [-0.4, -0.2) is 40.3 Å². The summed E-state index contributed by atoms with van der Waals surface area (Å²) >= 11 is 1.60. The van der Waals surface area contributed by atoms with Crippen LogP contribution in [0.15, 0.2) is 47.8 Å². The van der Waals surface area contributed by atoms with Gasteiger partial charge < -0.3 is 10.2 Å². The third kappa shape index (κ3) is 3.07. The number of nitrogens with one attached hydrogen (secondary N) is 1. The topological polar surface area (TPSA) is 62.3 Å². The van der Waals surface area contributed by atoms with E-state index in [0.717, 1.165) is 27.9 Å². The van der Waals surface area contributed by atoms with Crippen molar-refractivity contribution in [1.29, 1.82) is 0 Å². The van der Waals surface area contributed by atoms with Crippen LogP contribution in [0, 0.1) is 5.92 Å². The number of carbonyl (C=O) groups excluding carboxylic acids is 2. The van der Waals surface area contributed by atoms with Crippen LogP contribution in [0.25, 0.3) is 21.5 Å². The minimum Gasteiger partial charge on any atom is -0.347 e. The quantitative estimate of drug-likeness (QED) is 0.738. The summed E-state index contributed by atoms with van der Waals surface area (Å²) in [7, 11) is 0. The van der Waals surface area contributed by atoms with Crippen molar-refractivity contribution in [1.82, 2.24) is 15.2 Å². The van der Waals surface area contributed by atoms with Gasteiger partial charge in [-0.25, -0.2) is 4.98 Å². The SMILES string of the molecule is CC1CC1N1CC(NC(=O)c2cc(-c3cccs3)nc3ccccc23)CC1=O. The lowest BCUT2D eigenvalue weighted by Gasteiger charge is -2.17. The summed E-state index contributed by atoms with van der Waals surface area (Å²) in [6.45, 7) is 2.78. The fourth-order valence-electron chi connectivity index (χ4n) is 4.06. The molecule has 28 heavy (non-hydrogen) atoms. The molecule has 0 spiro atoms. The first-order chi connectivity index (χ1) is 13.6. The van der Waals surface area contributed by atoms with Gasteiger partial charge in [-0.2, -0.15) is 0 Å². The van der Waals surface area contributed by atoms with Crippen molar-refractivity contribution in [2.75, 3.05) is 6.54 Å². The first kappa shape index (κ1) is 17.4. The van der Waals surface area contributed by atoms with Crippen LogP contribution in [-0.2, 0) is 4.79 Å². The molecule has 0 bridgehead atoms. The molecule has 2 fully saturated rings. The zero-order chi connectivity index (χ0) is 19.3. The van der Waals surface area contributed by atoms with Crippen LogP contribution in [0.4, 0.5) is 0 Å². The number of likely N-dealkylation sites (tertiary alicyclic amines) is 1. The molecule has 3 atom stereocenters. The molecule has 1 N–H and O–H groups in total. The van der Waals surface area contributed by atoms with E-state index < -0.39 is 0 Å². The Bertz CT molecular complexity index is 1060. The van der Waals surface area contributed by atoms with Gasteiger partial charge in [0.05, 0.1) is 27.7 Å². The van der Waals surface area contributed by atoms with Gasteiger partial charge >= 0.3 is 0 Å². The predicted molar refractivity (Wildman–Crippen MR) is 110 cm³/mol. The normalized spacial score (nSPS) is 24.0. The smallest absolute Gasteiger partial charge is 0.252 e. The summed E-state index contributed by atoms with van der Waals surface area (Å²) in [4.78, 5) is 33.2. The Hall–Kier alpha value is -2.73. The fraction of sp³-hybridized carbons (Fsp3) is 0.318. The zero-order valence-electron chi connectivity index (χ0n) is 15.6.